The van der Waals surface area contributed by atoms with Gasteiger partial charge in [-0.1, -0.05) is 0 Å². The number of fused-ring (bicyclic) bond motifs is 2. The molecule has 10 nitrogen and oxygen atoms in total. The molecule has 0 spiro atoms. The molecule has 0 bridgehead atoms. The first-order chi connectivity index (χ1) is 11.2. The summed E-state index contributed by atoms with van der Waals surface area (Å²) in [6.07, 6.45) is 0.972. The largest absolute Gasteiger partial charge is 0.394 e. The summed E-state index contributed by atoms with van der Waals surface area (Å²) >= 11 is 0. The first kappa shape index (κ1) is 14.7. The van der Waals surface area contributed by atoms with Crippen LogP contribution in [0, 0.1) is 0 Å². The number of rotatable bonds is 4. The maximum absolute atomic E-state index is 9.53. The molecule has 4 heterocycles. The summed E-state index contributed by atoms with van der Waals surface area (Å²) in [5.41, 5.74) is 6.82. The number of aliphatic hydroxyl groups is 1. The molecule has 2 fully saturated rings. The third-order valence-corrected chi connectivity index (χ3v) is 3.97. The second kappa shape index (κ2) is 5.65. The van der Waals surface area contributed by atoms with Gasteiger partial charge in [0.05, 0.1) is 12.9 Å². The molecule has 124 valence electrons. The van der Waals surface area contributed by atoms with E-state index in [2.05, 4.69) is 15.0 Å². The summed E-state index contributed by atoms with van der Waals surface area (Å²) in [7, 11) is 0. The van der Waals surface area contributed by atoms with Crippen molar-refractivity contribution >= 4 is 17.0 Å². The fourth-order valence-electron chi connectivity index (χ4n) is 2.95. The van der Waals surface area contributed by atoms with Crippen LogP contribution in [0.5, 0.6) is 0 Å². The number of imidazole rings is 1. The number of aliphatic hydroxyl groups excluding tert-OH is 1. The number of ether oxygens (including phenoxy) is 4. The van der Waals surface area contributed by atoms with Crippen molar-refractivity contribution in [2.75, 3.05) is 18.9 Å². The minimum absolute atomic E-state index is 0.191. The summed E-state index contributed by atoms with van der Waals surface area (Å²) in [4.78, 5) is 12.3. The summed E-state index contributed by atoms with van der Waals surface area (Å²) in [6, 6.07) is 0. The quantitative estimate of drug-likeness (QED) is 0.758. The lowest BCUT2D eigenvalue weighted by atomic mass is 10.1. The number of nitrogens with zero attached hydrogens (tertiary/aromatic N) is 4. The molecule has 2 aromatic rings. The number of nitrogens with two attached hydrogens (primary N) is 1. The van der Waals surface area contributed by atoms with Crippen molar-refractivity contribution < 1.29 is 24.1 Å². The Kier molecular flexibility index (Phi) is 3.62. The molecule has 2 aromatic heterocycles. The molecule has 0 aromatic carbocycles. The second-order valence-electron chi connectivity index (χ2n) is 5.28. The molecule has 4 rings (SSSR count). The zero-order chi connectivity index (χ0) is 16.0. The van der Waals surface area contributed by atoms with E-state index in [4.69, 9.17) is 24.7 Å². The average molecular weight is 323 g/mol. The van der Waals surface area contributed by atoms with Crippen molar-refractivity contribution in [2.24, 2.45) is 0 Å². The molecule has 10 heteroatoms. The van der Waals surface area contributed by atoms with Gasteiger partial charge in [-0.3, -0.25) is 4.57 Å². The van der Waals surface area contributed by atoms with Gasteiger partial charge >= 0.3 is 0 Å². The zero-order valence-corrected chi connectivity index (χ0v) is 12.4. The van der Waals surface area contributed by atoms with Crippen LogP contribution in [0.15, 0.2) is 12.7 Å². The Hall–Kier alpha value is -1.85. The van der Waals surface area contributed by atoms with Gasteiger partial charge in [0.2, 0.25) is 0 Å². The highest BCUT2D eigenvalue weighted by atomic mass is 16.9. The van der Waals surface area contributed by atoms with E-state index < -0.39 is 31.0 Å². The number of hydrogen-bond acceptors (Lipinski definition) is 9. The fraction of sp³-hybridized carbons (Fsp3) is 0.615. The van der Waals surface area contributed by atoms with Gasteiger partial charge in [0.15, 0.2) is 17.7 Å². The first-order valence-electron chi connectivity index (χ1n) is 7.34. The van der Waals surface area contributed by atoms with Crippen LogP contribution in [0.3, 0.4) is 0 Å². The second-order valence-corrected chi connectivity index (χ2v) is 5.28. The molecular formula is C13H17N5O5. The summed E-state index contributed by atoms with van der Waals surface area (Å²) in [6.45, 7) is 1.34. The van der Waals surface area contributed by atoms with Gasteiger partial charge in [-0.2, -0.15) is 0 Å². The van der Waals surface area contributed by atoms with E-state index in [1.165, 1.54) is 6.33 Å². The van der Waals surface area contributed by atoms with Crippen LogP contribution in [-0.2, 0) is 18.9 Å². The van der Waals surface area contributed by atoms with Crippen LogP contribution in [0.4, 0.5) is 5.82 Å². The molecule has 0 radical (unpaired) electrons. The summed E-state index contributed by atoms with van der Waals surface area (Å²) in [5, 5.41) is 9.53. The van der Waals surface area contributed by atoms with Crippen molar-refractivity contribution in [3.05, 3.63) is 12.7 Å². The lowest BCUT2D eigenvalue weighted by molar-refractivity contribution is -0.265. The van der Waals surface area contributed by atoms with E-state index in [0.717, 1.165) is 0 Å². The summed E-state index contributed by atoms with van der Waals surface area (Å²) < 4.78 is 24.4. The Morgan fingerprint density at radius 1 is 1.26 bits per heavy atom. The highest BCUT2D eigenvalue weighted by Crippen LogP contribution is 2.40. The standard InChI is InChI=1S/C13H17N5O5/c1-2-20-13-22-8-6(3-19)21-12(9(8)23-13)18-5-17-7-10(14)15-4-16-11(7)18/h4-6,8-9,12-13,19H,2-3H2,1H3,(H2,14,15,16)/t6-,8-,9+,12+,13-/m1/s1. The minimum Gasteiger partial charge on any atom is -0.394 e. The number of aromatic nitrogens is 4. The van der Waals surface area contributed by atoms with Crippen molar-refractivity contribution in [3.8, 4) is 0 Å². The molecule has 5 atom stereocenters. The molecule has 3 N–H and O–H groups in total. The molecule has 2 aliphatic rings. The first-order valence-corrected chi connectivity index (χ1v) is 7.34. The Labute approximate surface area is 131 Å². The van der Waals surface area contributed by atoms with Crippen LogP contribution in [-0.4, -0.2) is 62.6 Å². The predicted octanol–water partition coefficient (Wildman–Crippen LogP) is -0.598. The van der Waals surface area contributed by atoms with Crippen molar-refractivity contribution in [3.63, 3.8) is 0 Å². The topological polar surface area (TPSA) is 127 Å². The highest BCUT2D eigenvalue weighted by molar-refractivity contribution is 5.81. The van der Waals surface area contributed by atoms with Gasteiger partial charge in [-0.15, -0.1) is 0 Å². The van der Waals surface area contributed by atoms with Crippen molar-refractivity contribution in [1.29, 1.82) is 0 Å². The predicted molar refractivity (Wildman–Crippen MR) is 75.9 cm³/mol. The van der Waals surface area contributed by atoms with Gasteiger partial charge in [-0.05, 0) is 6.92 Å². The summed E-state index contributed by atoms with van der Waals surface area (Å²) in [5.74, 6) is 0.290. The van der Waals surface area contributed by atoms with E-state index in [1.54, 1.807) is 10.9 Å². The molecular weight excluding hydrogens is 306 g/mol. The molecule has 0 aliphatic carbocycles. The van der Waals surface area contributed by atoms with Crippen LogP contribution < -0.4 is 5.73 Å². The third-order valence-electron chi connectivity index (χ3n) is 3.97. The van der Waals surface area contributed by atoms with E-state index >= 15 is 0 Å². The monoisotopic (exact) mass is 323 g/mol. The third kappa shape index (κ3) is 2.26. The van der Waals surface area contributed by atoms with Crippen molar-refractivity contribution in [2.45, 2.75) is 37.9 Å². The lowest BCUT2D eigenvalue weighted by Crippen LogP contribution is -2.31. The SMILES string of the molecule is CCO[C@@H]1O[C@H]2[C@H](O1)[C@@H](n1cnc3c(N)ncnc31)O[C@@H]2CO. The van der Waals surface area contributed by atoms with Crippen molar-refractivity contribution in [1.82, 2.24) is 19.5 Å². The number of nitrogen functional groups attached to an aromatic ring is 1. The molecule has 23 heavy (non-hydrogen) atoms. The van der Waals surface area contributed by atoms with E-state index in [0.29, 0.717) is 17.8 Å². The van der Waals surface area contributed by atoms with Gasteiger partial charge < -0.3 is 29.8 Å². The molecule has 0 saturated carbocycles. The van der Waals surface area contributed by atoms with E-state index in [9.17, 15) is 5.11 Å². The Balaban J connectivity index is 1.69. The highest BCUT2D eigenvalue weighted by Gasteiger charge is 2.54. The van der Waals surface area contributed by atoms with Gasteiger partial charge in [0.1, 0.15) is 30.2 Å². The number of hydrogen-bond donors (Lipinski definition) is 2. The van der Waals surface area contributed by atoms with E-state index in [-0.39, 0.29) is 12.4 Å². The Morgan fingerprint density at radius 2 is 2.09 bits per heavy atom. The van der Waals surface area contributed by atoms with Gasteiger partial charge in [0.25, 0.3) is 6.48 Å². The van der Waals surface area contributed by atoms with Crippen LogP contribution in [0.2, 0.25) is 0 Å². The zero-order valence-electron chi connectivity index (χ0n) is 12.4. The van der Waals surface area contributed by atoms with Crippen LogP contribution >= 0.6 is 0 Å². The number of anilines is 1. The van der Waals surface area contributed by atoms with Gasteiger partial charge in [0, 0.05) is 6.61 Å². The Morgan fingerprint density at radius 3 is 2.87 bits per heavy atom. The molecule has 2 saturated heterocycles. The van der Waals surface area contributed by atoms with Crippen LogP contribution in [0.1, 0.15) is 13.2 Å². The Bertz CT molecular complexity index is 709. The molecule has 0 amide bonds. The smallest absolute Gasteiger partial charge is 0.272 e. The lowest BCUT2D eigenvalue weighted by Gasteiger charge is -2.20. The fourth-order valence-corrected chi connectivity index (χ4v) is 2.95. The minimum atomic E-state index is -0.773. The maximum atomic E-state index is 9.53. The molecule has 0 unspecified atom stereocenters. The van der Waals surface area contributed by atoms with Crippen LogP contribution in [0.25, 0.3) is 11.2 Å². The average Bonchev–Trinajstić information content (AvgIpc) is 3.21. The van der Waals surface area contributed by atoms with E-state index in [1.807, 2.05) is 6.92 Å². The molecule has 2 aliphatic heterocycles. The van der Waals surface area contributed by atoms with Gasteiger partial charge in [-0.25, -0.2) is 15.0 Å². The normalized spacial score (nSPS) is 33.4. The maximum Gasteiger partial charge on any atom is 0.272 e.